The quantitative estimate of drug-likeness (QED) is 0.860. The lowest BCUT2D eigenvalue weighted by Crippen LogP contribution is -2.44. The molecule has 0 radical (unpaired) electrons. The van der Waals surface area contributed by atoms with Crippen LogP contribution in [0.3, 0.4) is 0 Å². The minimum Gasteiger partial charge on any atom is -0.444 e. The van der Waals surface area contributed by atoms with Crippen LogP contribution < -0.4 is 10.6 Å². The van der Waals surface area contributed by atoms with Crippen LogP contribution in [0.2, 0.25) is 0 Å². The molecule has 5 heteroatoms. The van der Waals surface area contributed by atoms with Gasteiger partial charge in [0.05, 0.1) is 0 Å². The predicted molar refractivity (Wildman–Crippen MR) is 95.0 cm³/mol. The molecule has 0 heterocycles. The van der Waals surface area contributed by atoms with Gasteiger partial charge in [0.2, 0.25) is 5.91 Å². The van der Waals surface area contributed by atoms with Crippen LogP contribution in [0, 0.1) is 5.41 Å². The predicted octanol–water partition coefficient (Wildman–Crippen LogP) is 3.88. The first-order chi connectivity index (χ1) is 11.2. The van der Waals surface area contributed by atoms with Crippen molar-refractivity contribution in [3.8, 4) is 0 Å². The maximum atomic E-state index is 12.1. The van der Waals surface area contributed by atoms with Gasteiger partial charge < -0.3 is 10.1 Å². The van der Waals surface area contributed by atoms with Gasteiger partial charge in [-0.3, -0.25) is 10.1 Å². The van der Waals surface area contributed by atoms with E-state index in [2.05, 4.69) is 10.6 Å². The summed E-state index contributed by atoms with van der Waals surface area (Å²) in [6.07, 6.45) is 4.36. The van der Waals surface area contributed by atoms with Crippen molar-refractivity contribution >= 4 is 17.7 Å². The Kier molecular flexibility index (Phi) is 5.52. The Morgan fingerprint density at radius 3 is 2.25 bits per heavy atom. The average molecular weight is 332 g/mol. The Bertz CT molecular complexity index is 584. The van der Waals surface area contributed by atoms with Crippen LogP contribution in [-0.2, 0) is 16.0 Å². The first kappa shape index (κ1) is 18.3. The third-order valence-electron chi connectivity index (χ3n) is 4.51. The Hall–Kier alpha value is -2.04. The molecule has 0 saturated heterocycles. The second-order valence-corrected chi connectivity index (χ2v) is 7.54. The molecule has 2 N–H and O–H groups in total. The van der Waals surface area contributed by atoms with Gasteiger partial charge in [-0.15, -0.1) is 0 Å². The highest BCUT2D eigenvalue weighted by molar-refractivity contribution is 5.85. The first-order valence-electron chi connectivity index (χ1n) is 8.55. The number of carbonyl (C=O) groups is 2. The molecule has 2 amide bonds. The smallest absolute Gasteiger partial charge is 0.412 e. The molecule has 1 saturated carbocycles. The highest BCUT2D eigenvalue weighted by Gasteiger charge is 2.42. The zero-order valence-corrected chi connectivity index (χ0v) is 15.1. The number of hydrogen-bond acceptors (Lipinski definition) is 3. The van der Waals surface area contributed by atoms with Crippen molar-refractivity contribution in [2.45, 2.75) is 58.5 Å². The summed E-state index contributed by atoms with van der Waals surface area (Å²) in [6.45, 7) is 5.50. The van der Waals surface area contributed by atoms with Gasteiger partial charge in [0.25, 0.3) is 0 Å². The molecule has 1 fully saturated rings. The standard InChI is InChI=1S/C19H28N2O3/c1-18(2,3)24-17(23)21-15-8-6-14(7-9-15)10-13-19(11-5-12-19)16(22)20-4/h6-9H,5,10-13H2,1-4H3,(H,20,22)(H,21,23). The summed E-state index contributed by atoms with van der Waals surface area (Å²) in [4.78, 5) is 23.8. The van der Waals surface area contributed by atoms with E-state index in [1.54, 1.807) is 7.05 Å². The van der Waals surface area contributed by atoms with Gasteiger partial charge in [0, 0.05) is 18.2 Å². The summed E-state index contributed by atoms with van der Waals surface area (Å²) < 4.78 is 5.23. The van der Waals surface area contributed by atoms with E-state index in [1.807, 2.05) is 45.0 Å². The van der Waals surface area contributed by atoms with E-state index in [1.165, 1.54) is 5.56 Å². The molecule has 0 unspecified atom stereocenters. The number of benzene rings is 1. The number of amides is 2. The molecule has 0 aromatic heterocycles. The molecule has 1 aromatic carbocycles. The lowest BCUT2D eigenvalue weighted by Gasteiger charge is -2.40. The van der Waals surface area contributed by atoms with Crippen molar-refractivity contribution in [1.82, 2.24) is 5.32 Å². The fraction of sp³-hybridized carbons (Fsp3) is 0.579. The molecule has 2 rings (SSSR count). The van der Waals surface area contributed by atoms with Crippen LogP contribution in [0.1, 0.15) is 52.0 Å². The van der Waals surface area contributed by atoms with Gasteiger partial charge in [-0.05, 0) is 64.2 Å². The monoisotopic (exact) mass is 332 g/mol. The van der Waals surface area contributed by atoms with Crippen LogP contribution in [0.5, 0.6) is 0 Å². The van der Waals surface area contributed by atoms with Crippen LogP contribution in [0.4, 0.5) is 10.5 Å². The molecule has 132 valence electrons. The normalized spacial score (nSPS) is 16.0. The van der Waals surface area contributed by atoms with Gasteiger partial charge in [0.15, 0.2) is 0 Å². The third kappa shape index (κ3) is 4.73. The molecule has 1 aliphatic rings. The number of nitrogens with one attached hydrogen (secondary N) is 2. The molecule has 0 aliphatic heterocycles. The number of carbonyl (C=O) groups excluding carboxylic acids is 2. The van der Waals surface area contributed by atoms with Gasteiger partial charge in [-0.25, -0.2) is 4.79 Å². The maximum Gasteiger partial charge on any atom is 0.412 e. The molecule has 0 spiro atoms. The number of aryl methyl sites for hydroxylation is 1. The van der Waals surface area contributed by atoms with Crippen molar-refractivity contribution in [1.29, 1.82) is 0 Å². The Labute approximate surface area is 144 Å². The molecular formula is C19H28N2O3. The zero-order valence-electron chi connectivity index (χ0n) is 15.1. The number of hydrogen-bond donors (Lipinski definition) is 2. The van der Waals surface area contributed by atoms with Crippen molar-refractivity contribution in [2.24, 2.45) is 5.41 Å². The second kappa shape index (κ2) is 7.24. The number of rotatable bonds is 5. The molecule has 5 nitrogen and oxygen atoms in total. The van der Waals surface area contributed by atoms with Gasteiger partial charge in [-0.2, -0.15) is 0 Å². The summed E-state index contributed by atoms with van der Waals surface area (Å²) in [5, 5.41) is 5.52. The topological polar surface area (TPSA) is 67.4 Å². The third-order valence-corrected chi connectivity index (χ3v) is 4.51. The molecule has 1 aliphatic carbocycles. The van der Waals surface area contributed by atoms with Crippen molar-refractivity contribution in [2.75, 3.05) is 12.4 Å². The number of ether oxygens (including phenoxy) is 1. The molecule has 0 bridgehead atoms. The van der Waals surface area contributed by atoms with E-state index in [-0.39, 0.29) is 11.3 Å². The zero-order chi connectivity index (χ0) is 17.8. The summed E-state index contributed by atoms with van der Waals surface area (Å²) in [5.41, 5.74) is 1.18. The summed E-state index contributed by atoms with van der Waals surface area (Å²) >= 11 is 0. The first-order valence-corrected chi connectivity index (χ1v) is 8.55. The highest BCUT2D eigenvalue weighted by atomic mass is 16.6. The Morgan fingerprint density at radius 1 is 1.17 bits per heavy atom. The van der Waals surface area contributed by atoms with Gasteiger partial charge in [-0.1, -0.05) is 18.6 Å². The van der Waals surface area contributed by atoms with Crippen LogP contribution in [-0.4, -0.2) is 24.6 Å². The number of anilines is 1. The van der Waals surface area contributed by atoms with Crippen LogP contribution >= 0.6 is 0 Å². The fourth-order valence-corrected chi connectivity index (χ4v) is 3.02. The van der Waals surface area contributed by atoms with Crippen molar-refractivity contribution < 1.29 is 14.3 Å². The Balaban J connectivity index is 1.88. The SMILES string of the molecule is CNC(=O)C1(CCc2ccc(NC(=O)OC(C)(C)C)cc2)CCC1. The summed E-state index contributed by atoms with van der Waals surface area (Å²) in [7, 11) is 1.71. The van der Waals surface area contributed by atoms with Gasteiger partial charge >= 0.3 is 6.09 Å². The molecule has 0 atom stereocenters. The van der Waals surface area contributed by atoms with Gasteiger partial charge in [0.1, 0.15) is 5.60 Å². The maximum absolute atomic E-state index is 12.1. The van der Waals surface area contributed by atoms with E-state index in [0.717, 1.165) is 32.1 Å². The second-order valence-electron chi connectivity index (χ2n) is 7.54. The fourth-order valence-electron chi connectivity index (χ4n) is 3.02. The lowest BCUT2D eigenvalue weighted by atomic mass is 9.65. The lowest BCUT2D eigenvalue weighted by molar-refractivity contribution is -0.136. The largest absolute Gasteiger partial charge is 0.444 e. The van der Waals surface area contributed by atoms with E-state index >= 15 is 0 Å². The molecule has 1 aromatic rings. The average Bonchev–Trinajstić information content (AvgIpc) is 2.45. The van der Waals surface area contributed by atoms with E-state index in [9.17, 15) is 9.59 Å². The van der Waals surface area contributed by atoms with Crippen molar-refractivity contribution in [3.63, 3.8) is 0 Å². The minimum atomic E-state index is -0.513. The van der Waals surface area contributed by atoms with E-state index in [4.69, 9.17) is 4.74 Å². The molecular weight excluding hydrogens is 304 g/mol. The van der Waals surface area contributed by atoms with E-state index in [0.29, 0.717) is 5.69 Å². The Morgan fingerprint density at radius 2 is 1.79 bits per heavy atom. The van der Waals surface area contributed by atoms with Crippen LogP contribution in [0.15, 0.2) is 24.3 Å². The van der Waals surface area contributed by atoms with Crippen molar-refractivity contribution in [3.05, 3.63) is 29.8 Å². The van der Waals surface area contributed by atoms with Crippen LogP contribution in [0.25, 0.3) is 0 Å². The molecule has 24 heavy (non-hydrogen) atoms. The minimum absolute atomic E-state index is 0.164. The van der Waals surface area contributed by atoms with E-state index < -0.39 is 11.7 Å². The summed E-state index contributed by atoms with van der Waals surface area (Å²) in [5.74, 6) is 0.164. The summed E-state index contributed by atoms with van der Waals surface area (Å²) in [6, 6.07) is 7.71. The highest BCUT2D eigenvalue weighted by Crippen LogP contribution is 2.44.